The van der Waals surface area contributed by atoms with Crippen molar-refractivity contribution in [2.24, 2.45) is 14.1 Å². The summed E-state index contributed by atoms with van der Waals surface area (Å²) < 4.78 is 6.85. The standard InChI is InChI=1S/C47H33N5/c1-50-42-19-7-5-17-40(42)48-46(50)31-12-9-13-34(27-31)52-44-28-32(47-49-41-18-6-8-20-43(41)51(47)2)22-24-38(44)39-16-10-15-37(45(39)52)30-21-23-36-33(26-30)25-29-11-3-4-14-35(29)36/h3-24,26-28H,25H2,1-2H3. The van der Waals surface area contributed by atoms with Crippen molar-refractivity contribution in [2.45, 2.75) is 6.42 Å². The number of nitrogens with zero attached hydrogens (tertiary/aromatic N) is 5. The number of rotatable bonds is 4. The average molecular weight is 668 g/mol. The molecule has 10 aromatic rings. The van der Waals surface area contributed by atoms with Crippen molar-refractivity contribution in [3.8, 4) is 50.7 Å². The molecule has 5 nitrogen and oxygen atoms in total. The average Bonchev–Trinajstić information content (AvgIpc) is 3.93. The van der Waals surface area contributed by atoms with Gasteiger partial charge in [0, 0.05) is 47.2 Å². The number of hydrogen-bond donors (Lipinski definition) is 0. The molecule has 0 saturated carbocycles. The number of fused-ring (bicyclic) bond motifs is 8. The van der Waals surface area contributed by atoms with Crippen molar-refractivity contribution in [3.05, 3.63) is 163 Å². The molecule has 0 unspecified atom stereocenters. The number of aryl methyl sites for hydroxylation is 2. The first-order valence-electron chi connectivity index (χ1n) is 17.8. The van der Waals surface area contributed by atoms with Gasteiger partial charge in [0.15, 0.2) is 0 Å². The fourth-order valence-electron chi connectivity index (χ4n) is 8.61. The van der Waals surface area contributed by atoms with Gasteiger partial charge < -0.3 is 13.7 Å². The summed E-state index contributed by atoms with van der Waals surface area (Å²) in [6.45, 7) is 0. The maximum Gasteiger partial charge on any atom is 0.140 e. The highest BCUT2D eigenvalue weighted by atomic mass is 15.1. The fraction of sp³-hybridized carbons (Fsp3) is 0.0638. The number of benzene rings is 7. The Morgan fingerprint density at radius 1 is 0.442 bits per heavy atom. The van der Waals surface area contributed by atoms with Crippen LogP contribution in [0, 0.1) is 0 Å². The molecule has 0 saturated heterocycles. The van der Waals surface area contributed by atoms with E-state index in [2.05, 4.69) is 179 Å². The van der Waals surface area contributed by atoms with Gasteiger partial charge in [-0.15, -0.1) is 0 Å². The molecule has 0 bridgehead atoms. The molecule has 0 radical (unpaired) electrons. The van der Waals surface area contributed by atoms with Crippen LogP contribution in [0.3, 0.4) is 0 Å². The first-order valence-corrected chi connectivity index (χ1v) is 17.8. The second-order valence-electron chi connectivity index (χ2n) is 14.0. The van der Waals surface area contributed by atoms with Crippen LogP contribution >= 0.6 is 0 Å². The van der Waals surface area contributed by atoms with Gasteiger partial charge in [-0.05, 0) is 76.7 Å². The topological polar surface area (TPSA) is 40.6 Å². The van der Waals surface area contributed by atoms with Crippen LogP contribution in [0.1, 0.15) is 11.1 Å². The van der Waals surface area contributed by atoms with E-state index >= 15 is 0 Å². The Morgan fingerprint density at radius 2 is 1.08 bits per heavy atom. The Morgan fingerprint density at radius 3 is 1.85 bits per heavy atom. The molecule has 3 heterocycles. The van der Waals surface area contributed by atoms with Gasteiger partial charge in [0.1, 0.15) is 11.6 Å². The highest BCUT2D eigenvalue weighted by Gasteiger charge is 2.22. The van der Waals surface area contributed by atoms with E-state index < -0.39 is 0 Å². The molecule has 0 aliphatic heterocycles. The summed E-state index contributed by atoms with van der Waals surface area (Å²) in [6, 6.07) is 54.9. The maximum atomic E-state index is 5.09. The largest absolute Gasteiger partial charge is 0.327 e. The fourth-order valence-corrected chi connectivity index (χ4v) is 8.61. The third kappa shape index (κ3) is 4.17. The van der Waals surface area contributed by atoms with Gasteiger partial charge in [0.25, 0.3) is 0 Å². The minimum Gasteiger partial charge on any atom is -0.327 e. The summed E-state index contributed by atoms with van der Waals surface area (Å²) >= 11 is 0. The Hall–Kier alpha value is -6.72. The molecule has 0 amide bonds. The predicted molar refractivity (Wildman–Crippen MR) is 214 cm³/mol. The van der Waals surface area contributed by atoms with Gasteiger partial charge in [0.05, 0.1) is 33.1 Å². The van der Waals surface area contributed by atoms with E-state index in [1.54, 1.807) is 0 Å². The molecule has 0 spiro atoms. The highest BCUT2D eigenvalue weighted by molar-refractivity contribution is 6.14. The summed E-state index contributed by atoms with van der Waals surface area (Å²) in [4.78, 5) is 10.2. The van der Waals surface area contributed by atoms with E-state index in [0.29, 0.717) is 0 Å². The summed E-state index contributed by atoms with van der Waals surface area (Å²) in [5, 5.41) is 2.43. The quantitative estimate of drug-likeness (QED) is 0.187. The maximum absolute atomic E-state index is 5.09. The molecule has 1 aliphatic carbocycles. The second kappa shape index (κ2) is 10.9. The molecule has 0 atom stereocenters. The lowest BCUT2D eigenvalue weighted by Crippen LogP contribution is -1.99. The van der Waals surface area contributed by atoms with E-state index in [1.807, 2.05) is 0 Å². The Kier molecular flexibility index (Phi) is 6.08. The number of hydrogen-bond acceptors (Lipinski definition) is 2. The van der Waals surface area contributed by atoms with Gasteiger partial charge in [-0.25, -0.2) is 9.97 Å². The van der Waals surface area contributed by atoms with Crippen LogP contribution in [-0.2, 0) is 20.5 Å². The zero-order valence-electron chi connectivity index (χ0n) is 28.9. The van der Waals surface area contributed by atoms with Gasteiger partial charge in [-0.3, -0.25) is 0 Å². The van der Waals surface area contributed by atoms with Crippen LogP contribution in [0.25, 0.3) is 94.6 Å². The highest BCUT2D eigenvalue weighted by Crippen LogP contribution is 2.43. The van der Waals surface area contributed by atoms with Crippen LogP contribution in [0.2, 0.25) is 0 Å². The summed E-state index contributed by atoms with van der Waals surface area (Å²) in [5.74, 6) is 1.90. The van der Waals surface area contributed by atoms with Crippen LogP contribution in [0.4, 0.5) is 0 Å². The van der Waals surface area contributed by atoms with E-state index in [0.717, 1.165) is 62.5 Å². The van der Waals surface area contributed by atoms with E-state index in [1.165, 1.54) is 49.7 Å². The summed E-state index contributed by atoms with van der Waals surface area (Å²) in [7, 11) is 4.21. The first-order chi connectivity index (χ1) is 25.6. The molecule has 7 aromatic carbocycles. The molecular weight excluding hydrogens is 635 g/mol. The molecule has 11 rings (SSSR count). The molecule has 0 fully saturated rings. The van der Waals surface area contributed by atoms with Crippen molar-refractivity contribution in [1.82, 2.24) is 23.7 Å². The predicted octanol–water partition coefficient (Wildman–Crippen LogP) is 11.1. The van der Waals surface area contributed by atoms with Crippen LogP contribution in [-0.4, -0.2) is 23.7 Å². The van der Waals surface area contributed by atoms with Gasteiger partial charge in [-0.2, -0.15) is 0 Å². The molecule has 52 heavy (non-hydrogen) atoms. The first kappa shape index (κ1) is 29.1. The number of aromatic nitrogens is 5. The molecule has 5 heteroatoms. The minimum atomic E-state index is 0.947. The second-order valence-corrected chi connectivity index (χ2v) is 14.0. The van der Waals surface area contributed by atoms with E-state index in [9.17, 15) is 0 Å². The van der Waals surface area contributed by atoms with Gasteiger partial charge in [0.2, 0.25) is 0 Å². The smallest absolute Gasteiger partial charge is 0.140 e. The van der Waals surface area contributed by atoms with Crippen LogP contribution in [0.15, 0.2) is 152 Å². The summed E-state index contributed by atoms with van der Waals surface area (Å²) in [5.41, 5.74) is 17.7. The third-order valence-corrected chi connectivity index (χ3v) is 11.1. The third-order valence-electron chi connectivity index (χ3n) is 11.1. The number of imidazole rings is 2. The van der Waals surface area contributed by atoms with Gasteiger partial charge in [-0.1, -0.05) is 109 Å². The van der Waals surface area contributed by atoms with Crippen molar-refractivity contribution >= 4 is 43.9 Å². The van der Waals surface area contributed by atoms with Crippen molar-refractivity contribution in [3.63, 3.8) is 0 Å². The lowest BCUT2D eigenvalue weighted by molar-refractivity contribution is 0.958. The summed E-state index contributed by atoms with van der Waals surface area (Å²) in [6.07, 6.45) is 0.958. The van der Waals surface area contributed by atoms with Gasteiger partial charge >= 0.3 is 0 Å². The normalized spacial score (nSPS) is 12.3. The molecular formula is C47H33N5. The lowest BCUT2D eigenvalue weighted by atomic mass is 9.97. The zero-order chi connectivity index (χ0) is 34.5. The lowest BCUT2D eigenvalue weighted by Gasteiger charge is -2.14. The Bertz CT molecular complexity index is 3080. The zero-order valence-corrected chi connectivity index (χ0v) is 28.9. The van der Waals surface area contributed by atoms with Crippen LogP contribution in [0.5, 0.6) is 0 Å². The molecule has 1 aliphatic rings. The minimum absolute atomic E-state index is 0.947. The Labute approximate surface area is 300 Å². The van der Waals surface area contributed by atoms with Crippen LogP contribution < -0.4 is 0 Å². The van der Waals surface area contributed by atoms with E-state index in [4.69, 9.17) is 9.97 Å². The SMILES string of the molecule is Cn1c(-c2cccc(-n3c4cc(-c5nc6ccccc6n5C)ccc4c4cccc(-c5ccc6c(c5)Cc5ccccc5-6)c43)c2)nc2ccccc21. The monoisotopic (exact) mass is 667 g/mol. The molecule has 246 valence electrons. The molecule has 0 N–H and O–H groups in total. The van der Waals surface area contributed by atoms with Crippen molar-refractivity contribution < 1.29 is 0 Å². The Balaban J connectivity index is 1.17. The van der Waals surface area contributed by atoms with E-state index in [-0.39, 0.29) is 0 Å². The number of para-hydroxylation sites is 5. The van der Waals surface area contributed by atoms with Crippen molar-refractivity contribution in [2.75, 3.05) is 0 Å². The van der Waals surface area contributed by atoms with Crippen molar-refractivity contribution in [1.29, 1.82) is 0 Å². The molecule has 3 aromatic heterocycles.